The van der Waals surface area contributed by atoms with E-state index in [9.17, 15) is 13.2 Å². The fourth-order valence-corrected chi connectivity index (χ4v) is 4.23. The molecule has 0 aliphatic carbocycles. The first-order chi connectivity index (χ1) is 14.8. The Labute approximate surface area is 186 Å². The third-order valence-corrected chi connectivity index (χ3v) is 6.02. The first-order valence-electron chi connectivity index (χ1n) is 9.43. The van der Waals surface area contributed by atoms with Crippen molar-refractivity contribution in [3.63, 3.8) is 0 Å². The van der Waals surface area contributed by atoms with Gasteiger partial charge in [0.15, 0.2) is 5.75 Å². The van der Waals surface area contributed by atoms with Crippen LogP contribution in [0.1, 0.15) is 21.5 Å². The van der Waals surface area contributed by atoms with E-state index in [1.807, 2.05) is 6.07 Å². The Morgan fingerprint density at radius 1 is 0.903 bits per heavy atom. The molecule has 0 fully saturated rings. The Hall–Kier alpha value is -3.03. The van der Waals surface area contributed by atoms with Crippen LogP contribution >= 0.6 is 11.6 Å². The zero-order chi connectivity index (χ0) is 22.4. The highest BCUT2D eigenvalue weighted by atomic mass is 35.5. The molecule has 31 heavy (non-hydrogen) atoms. The summed E-state index contributed by atoms with van der Waals surface area (Å²) in [6.45, 7) is 3.49. The van der Waals surface area contributed by atoms with E-state index in [-0.39, 0.29) is 29.4 Å². The van der Waals surface area contributed by atoms with Crippen molar-refractivity contribution in [1.82, 2.24) is 0 Å². The number of halogens is 1. The molecular formula is C23H21ClO6S. The van der Waals surface area contributed by atoms with E-state index in [0.29, 0.717) is 16.3 Å². The number of hydrogen-bond acceptors (Lipinski definition) is 6. The predicted octanol–water partition coefficient (Wildman–Crippen LogP) is 4.96. The summed E-state index contributed by atoms with van der Waals surface area (Å²) in [4.78, 5) is 12.6. The molecule has 0 N–H and O–H groups in total. The minimum absolute atomic E-state index is 0.00544. The number of ether oxygens (including phenoxy) is 2. The molecular weight excluding hydrogens is 440 g/mol. The molecule has 0 amide bonds. The third-order valence-electron chi connectivity index (χ3n) is 4.33. The Morgan fingerprint density at radius 3 is 2.32 bits per heavy atom. The molecule has 0 aliphatic rings. The lowest BCUT2D eigenvalue weighted by molar-refractivity contribution is 0.0448. The first kappa shape index (κ1) is 22.7. The monoisotopic (exact) mass is 460 g/mol. The molecule has 0 bridgehead atoms. The van der Waals surface area contributed by atoms with Crippen molar-refractivity contribution in [2.75, 3.05) is 13.2 Å². The van der Waals surface area contributed by atoms with Gasteiger partial charge in [-0.1, -0.05) is 48.0 Å². The van der Waals surface area contributed by atoms with E-state index in [4.69, 9.17) is 25.3 Å². The topological polar surface area (TPSA) is 78.9 Å². The van der Waals surface area contributed by atoms with Crippen LogP contribution in [-0.4, -0.2) is 27.6 Å². The van der Waals surface area contributed by atoms with E-state index in [2.05, 4.69) is 0 Å². The molecule has 0 radical (unpaired) electrons. The molecule has 6 nitrogen and oxygen atoms in total. The number of carbonyl (C=O) groups is 1. The summed E-state index contributed by atoms with van der Waals surface area (Å²) in [6, 6.07) is 18.0. The number of aryl methyl sites for hydroxylation is 2. The lowest BCUT2D eigenvalue weighted by Gasteiger charge is -2.13. The number of benzene rings is 3. The van der Waals surface area contributed by atoms with Crippen LogP contribution in [0.15, 0.2) is 71.6 Å². The van der Waals surface area contributed by atoms with Gasteiger partial charge in [0, 0.05) is 0 Å². The van der Waals surface area contributed by atoms with Gasteiger partial charge in [0.1, 0.15) is 29.4 Å². The van der Waals surface area contributed by atoms with Crippen LogP contribution in [0.2, 0.25) is 5.02 Å². The summed E-state index contributed by atoms with van der Waals surface area (Å²) < 4.78 is 41.6. The smallest absolute Gasteiger partial charge is 0.342 e. The fraction of sp³-hybridized carbons (Fsp3) is 0.174. The van der Waals surface area contributed by atoms with Gasteiger partial charge in [0.25, 0.3) is 0 Å². The summed E-state index contributed by atoms with van der Waals surface area (Å²) >= 11 is 6.01. The molecule has 0 aliphatic heterocycles. The second-order valence-corrected chi connectivity index (χ2v) is 8.64. The summed E-state index contributed by atoms with van der Waals surface area (Å²) in [6.07, 6.45) is 0. The lowest BCUT2D eigenvalue weighted by Crippen LogP contribution is -2.16. The molecule has 0 heterocycles. The zero-order valence-corrected chi connectivity index (χ0v) is 18.6. The van der Waals surface area contributed by atoms with E-state index in [1.165, 1.54) is 18.2 Å². The Bertz CT molecular complexity index is 1190. The van der Waals surface area contributed by atoms with Crippen LogP contribution in [-0.2, 0) is 14.9 Å². The molecule has 0 saturated carbocycles. The van der Waals surface area contributed by atoms with Gasteiger partial charge in [-0.25, -0.2) is 4.79 Å². The maximum Gasteiger partial charge on any atom is 0.342 e. The molecule has 3 aromatic rings. The quantitative estimate of drug-likeness (QED) is 0.268. The molecule has 0 aromatic heterocycles. The minimum Gasteiger partial charge on any atom is -0.488 e. The maximum atomic E-state index is 12.8. The van der Waals surface area contributed by atoms with Crippen LogP contribution in [0, 0.1) is 13.8 Å². The number of rotatable bonds is 8. The van der Waals surface area contributed by atoms with Crippen molar-refractivity contribution < 1.29 is 26.9 Å². The van der Waals surface area contributed by atoms with E-state index in [1.54, 1.807) is 56.3 Å². The van der Waals surface area contributed by atoms with Gasteiger partial charge < -0.3 is 13.7 Å². The van der Waals surface area contributed by atoms with Gasteiger partial charge in [-0.15, -0.1) is 0 Å². The highest BCUT2D eigenvalue weighted by Crippen LogP contribution is 2.26. The van der Waals surface area contributed by atoms with Crippen LogP contribution in [0.25, 0.3) is 0 Å². The fourth-order valence-electron chi connectivity index (χ4n) is 2.77. The minimum atomic E-state index is -4.14. The SMILES string of the molecule is Cc1ccc(C)c(S(=O)(=O)Oc2ccccc2C(=O)OCCOc2ccccc2Cl)c1. The van der Waals surface area contributed by atoms with E-state index in [0.717, 1.165) is 5.56 Å². The van der Waals surface area contributed by atoms with E-state index >= 15 is 0 Å². The van der Waals surface area contributed by atoms with Crippen molar-refractivity contribution in [3.8, 4) is 11.5 Å². The zero-order valence-electron chi connectivity index (χ0n) is 17.0. The molecule has 0 spiro atoms. The van der Waals surface area contributed by atoms with Gasteiger partial charge in [-0.2, -0.15) is 8.42 Å². The highest BCUT2D eigenvalue weighted by molar-refractivity contribution is 7.87. The largest absolute Gasteiger partial charge is 0.488 e. The van der Waals surface area contributed by atoms with Gasteiger partial charge in [-0.05, 0) is 55.3 Å². The Morgan fingerprint density at radius 2 is 1.58 bits per heavy atom. The van der Waals surface area contributed by atoms with Crippen molar-refractivity contribution in [2.45, 2.75) is 18.7 Å². The Balaban J connectivity index is 1.69. The second kappa shape index (κ2) is 9.85. The number of hydrogen-bond donors (Lipinski definition) is 0. The second-order valence-electron chi connectivity index (χ2n) is 6.72. The summed E-state index contributed by atoms with van der Waals surface area (Å²) in [5, 5.41) is 0.448. The van der Waals surface area contributed by atoms with Gasteiger partial charge in [0.2, 0.25) is 0 Å². The average Bonchev–Trinajstić information content (AvgIpc) is 2.74. The van der Waals surface area contributed by atoms with Gasteiger partial charge >= 0.3 is 16.1 Å². The van der Waals surface area contributed by atoms with Crippen molar-refractivity contribution in [3.05, 3.63) is 88.4 Å². The number of para-hydroxylation sites is 2. The van der Waals surface area contributed by atoms with Crippen molar-refractivity contribution >= 4 is 27.7 Å². The standard InChI is InChI=1S/C23H21ClO6S/c1-16-11-12-17(2)22(15-16)31(26,27)30-20-9-5-3-7-18(20)23(25)29-14-13-28-21-10-6-4-8-19(21)24/h3-12,15H,13-14H2,1-2H3. The van der Waals surface area contributed by atoms with Crippen molar-refractivity contribution in [2.24, 2.45) is 0 Å². The van der Waals surface area contributed by atoms with Crippen LogP contribution < -0.4 is 8.92 Å². The van der Waals surface area contributed by atoms with Crippen LogP contribution in [0.5, 0.6) is 11.5 Å². The molecule has 8 heteroatoms. The maximum absolute atomic E-state index is 12.8. The molecule has 3 aromatic carbocycles. The van der Waals surface area contributed by atoms with Crippen molar-refractivity contribution in [1.29, 1.82) is 0 Å². The van der Waals surface area contributed by atoms with Crippen LogP contribution in [0.4, 0.5) is 0 Å². The number of esters is 1. The average molecular weight is 461 g/mol. The normalized spacial score (nSPS) is 11.1. The van der Waals surface area contributed by atoms with E-state index < -0.39 is 16.1 Å². The molecule has 3 rings (SSSR count). The van der Waals surface area contributed by atoms with Crippen LogP contribution in [0.3, 0.4) is 0 Å². The molecule has 162 valence electrons. The summed E-state index contributed by atoms with van der Waals surface area (Å²) in [5.74, 6) is -0.362. The summed E-state index contributed by atoms with van der Waals surface area (Å²) in [7, 11) is -4.14. The summed E-state index contributed by atoms with van der Waals surface area (Å²) in [5.41, 5.74) is 1.32. The van der Waals surface area contributed by atoms with Gasteiger partial charge in [0.05, 0.1) is 5.02 Å². The Kier molecular flexibility index (Phi) is 7.20. The molecule has 0 saturated heterocycles. The highest BCUT2D eigenvalue weighted by Gasteiger charge is 2.23. The molecule has 0 atom stereocenters. The lowest BCUT2D eigenvalue weighted by atomic mass is 10.2. The third kappa shape index (κ3) is 5.77. The predicted molar refractivity (Wildman–Crippen MR) is 117 cm³/mol. The first-order valence-corrected chi connectivity index (χ1v) is 11.2. The molecule has 0 unspecified atom stereocenters. The van der Waals surface area contributed by atoms with Gasteiger partial charge in [-0.3, -0.25) is 0 Å². The number of carbonyl (C=O) groups excluding carboxylic acids is 1.